The highest BCUT2D eigenvalue weighted by Gasteiger charge is 2.16. The molecule has 1 heterocycles. The topological polar surface area (TPSA) is 47.6 Å². The zero-order valence-corrected chi connectivity index (χ0v) is 12.9. The molecule has 24 heavy (non-hydrogen) atoms. The van der Waals surface area contributed by atoms with E-state index in [1.165, 1.54) is 0 Å². The summed E-state index contributed by atoms with van der Waals surface area (Å²) in [6.07, 6.45) is 2.11. The molecule has 1 atom stereocenters. The van der Waals surface area contributed by atoms with E-state index in [4.69, 9.17) is 9.47 Å². The molecule has 1 fully saturated rings. The van der Waals surface area contributed by atoms with Crippen LogP contribution >= 0.6 is 0 Å². The number of nitrogens with one attached hydrogen (secondary N) is 1. The van der Waals surface area contributed by atoms with Crippen molar-refractivity contribution in [2.75, 3.05) is 18.5 Å². The predicted octanol–water partition coefficient (Wildman–Crippen LogP) is 3.77. The maximum Gasteiger partial charge on any atom is 0.255 e. The van der Waals surface area contributed by atoms with Crippen LogP contribution in [0.4, 0.5) is 14.5 Å². The van der Waals surface area contributed by atoms with Crippen molar-refractivity contribution in [3.8, 4) is 5.75 Å². The van der Waals surface area contributed by atoms with Crippen molar-refractivity contribution >= 4 is 11.6 Å². The van der Waals surface area contributed by atoms with Crippen LogP contribution in [0, 0.1) is 11.6 Å². The van der Waals surface area contributed by atoms with Crippen molar-refractivity contribution in [1.82, 2.24) is 0 Å². The summed E-state index contributed by atoms with van der Waals surface area (Å²) in [7, 11) is 0. The number of carbonyl (C=O) groups excluding carboxylic acids is 1. The van der Waals surface area contributed by atoms with Gasteiger partial charge in [0.15, 0.2) is 0 Å². The fourth-order valence-corrected chi connectivity index (χ4v) is 2.52. The maximum atomic E-state index is 13.2. The first-order valence-corrected chi connectivity index (χ1v) is 7.72. The van der Waals surface area contributed by atoms with Crippen LogP contribution in [-0.2, 0) is 4.74 Å². The van der Waals surface area contributed by atoms with Gasteiger partial charge in [0, 0.05) is 30.0 Å². The molecule has 1 unspecified atom stereocenters. The number of carbonyl (C=O) groups is 1. The van der Waals surface area contributed by atoms with Gasteiger partial charge in [0.1, 0.15) is 24.0 Å². The minimum Gasteiger partial charge on any atom is -0.491 e. The third-order valence-electron chi connectivity index (χ3n) is 3.68. The van der Waals surface area contributed by atoms with Crippen LogP contribution in [0.25, 0.3) is 0 Å². The summed E-state index contributed by atoms with van der Waals surface area (Å²) in [4.78, 5) is 12.1. The van der Waals surface area contributed by atoms with E-state index in [1.807, 2.05) is 0 Å². The first-order valence-electron chi connectivity index (χ1n) is 7.72. The van der Waals surface area contributed by atoms with E-state index in [2.05, 4.69) is 5.32 Å². The predicted molar refractivity (Wildman–Crippen MR) is 85.2 cm³/mol. The van der Waals surface area contributed by atoms with Crippen molar-refractivity contribution in [2.45, 2.75) is 18.9 Å². The average molecular weight is 333 g/mol. The third kappa shape index (κ3) is 4.29. The summed E-state index contributed by atoms with van der Waals surface area (Å²) in [6, 6.07) is 9.51. The molecule has 2 aromatic rings. The molecule has 1 aliphatic heterocycles. The SMILES string of the molecule is O=C(Nc1cccc(OCC2CCCO2)c1)c1cc(F)cc(F)c1. The molecule has 6 heteroatoms. The number of hydrogen-bond donors (Lipinski definition) is 1. The number of halogens is 2. The standard InChI is InChI=1S/C18H17F2NO3/c19-13-7-12(8-14(20)9-13)18(22)21-15-3-1-4-16(10-15)24-11-17-5-2-6-23-17/h1,3-4,7-10,17H,2,5-6,11H2,(H,21,22). The molecular formula is C18H17F2NO3. The minimum atomic E-state index is -0.797. The summed E-state index contributed by atoms with van der Waals surface area (Å²) in [5.74, 6) is -1.60. The highest BCUT2D eigenvalue weighted by molar-refractivity contribution is 6.04. The fourth-order valence-electron chi connectivity index (χ4n) is 2.52. The molecule has 0 saturated carbocycles. The molecule has 0 radical (unpaired) electrons. The Labute approximate surface area is 138 Å². The Balaban J connectivity index is 1.64. The number of ether oxygens (including phenoxy) is 2. The summed E-state index contributed by atoms with van der Waals surface area (Å²) < 4.78 is 37.5. The van der Waals surface area contributed by atoms with Gasteiger partial charge in [0.2, 0.25) is 0 Å². The summed E-state index contributed by atoms with van der Waals surface area (Å²) in [5.41, 5.74) is 0.396. The van der Waals surface area contributed by atoms with Gasteiger partial charge in [-0.2, -0.15) is 0 Å². The van der Waals surface area contributed by atoms with E-state index in [0.29, 0.717) is 18.0 Å². The molecule has 1 amide bonds. The smallest absolute Gasteiger partial charge is 0.255 e. The second-order valence-electron chi connectivity index (χ2n) is 5.59. The lowest BCUT2D eigenvalue weighted by Gasteiger charge is -2.12. The first kappa shape index (κ1) is 16.4. The number of benzene rings is 2. The van der Waals surface area contributed by atoms with Crippen LogP contribution in [0.15, 0.2) is 42.5 Å². The molecule has 126 valence electrons. The Kier molecular flexibility index (Phi) is 5.05. The number of anilines is 1. The van der Waals surface area contributed by atoms with E-state index in [-0.39, 0.29) is 11.7 Å². The molecule has 0 aliphatic carbocycles. The van der Waals surface area contributed by atoms with Gasteiger partial charge in [-0.3, -0.25) is 4.79 Å². The highest BCUT2D eigenvalue weighted by Crippen LogP contribution is 2.20. The molecule has 1 N–H and O–H groups in total. The van der Waals surface area contributed by atoms with Gasteiger partial charge >= 0.3 is 0 Å². The van der Waals surface area contributed by atoms with E-state index < -0.39 is 17.5 Å². The van der Waals surface area contributed by atoms with Gasteiger partial charge in [-0.25, -0.2) is 8.78 Å². The average Bonchev–Trinajstić information content (AvgIpc) is 3.06. The Bertz CT molecular complexity index is 710. The van der Waals surface area contributed by atoms with Crippen LogP contribution in [0.5, 0.6) is 5.75 Å². The normalized spacial score (nSPS) is 16.8. The van der Waals surface area contributed by atoms with Gasteiger partial charge in [0.25, 0.3) is 5.91 Å². The van der Waals surface area contributed by atoms with Crippen molar-refractivity contribution < 1.29 is 23.0 Å². The van der Waals surface area contributed by atoms with Gasteiger partial charge < -0.3 is 14.8 Å². The lowest BCUT2D eigenvalue weighted by molar-refractivity contribution is 0.0680. The summed E-state index contributed by atoms with van der Waals surface area (Å²) >= 11 is 0. The lowest BCUT2D eigenvalue weighted by atomic mass is 10.2. The first-order chi connectivity index (χ1) is 11.6. The minimum absolute atomic E-state index is 0.0850. The van der Waals surface area contributed by atoms with Crippen molar-refractivity contribution in [1.29, 1.82) is 0 Å². The third-order valence-corrected chi connectivity index (χ3v) is 3.68. The largest absolute Gasteiger partial charge is 0.491 e. The molecular weight excluding hydrogens is 316 g/mol. The molecule has 0 aromatic heterocycles. The van der Waals surface area contributed by atoms with Crippen molar-refractivity contribution in [2.24, 2.45) is 0 Å². The van der Waals surface area contributed by atoms with Crippen LogP contribution < -0.4 is 10.1 Å². The summed E-state index contributed by atoms with van der Waals surface area (Å²) in [6.45, 7) is 1.21. The van der Waals surface area contributed by atoms with Gasteiger partial charge in [-0.05, 0) is 37.1 Å². The van der Waals surface area contributed by atoms with E-state index in [9.17, 15) is 13.6 Å². The van der Waals surface area contributed by atoms with Crippen molar-refractivity contribution in [3.05, 3.63) is 59.7 Å². The summed E-state index contributed by atoms with van der Waals surface area (Å²) in [5, 5.41) is 2.60. The highest BCUT2D eigenvalue weighted by atomic mass is 19.1. The molecule has 3 rings (SSSR count). The number of rotatable bonds is 5. The van der Waals surface area contributed by atoms with Crippen LogP contribution in [0.3, 0.4) is 0 Å². The Morgan fingerprint density at radius 2 is 2.00 bits per heavy atom. The van der Waals surface area contributed by atoms with Crippen LogP contribution in [0.1, 0.15) is 23.2 Å². The monoisotopic (exact) mass is 333 g/mol. The Hall–Kier alpha value is -2.47. The zero-order chi connectivity index (χ0) is 16.9. The fraction of sp³-hybridized carbons (Fsp3) is 0.278. The van der Waals surface area contributed by atoms with Crippen molar-refractivity contribution in [3.63, 3.8) is 0 Å². The molecule has 1 saturated heterocycles. The Morgan fingerprint density at radius 3 is 2.71 bits per heavy atom. The van der Waals surface area contributed by atoms with Crippen LogP contribution in [0.2, 0.25) is 0 Å². The molecule has 4 nitrogen and oxygen atoms in total. The molecule has 1 aliphatic rings. The van der Waals surface area contributed by atoms with E-state index in [0.717, 1.165) is 37.6 Å². The quantitative estimate of drug-likeness (QED) is 0.906. The van der Waals surface area contributed by atoms with Gasteiger partial charge in [-0.1, -0.05) is 6.07 Å². The van der Waals surface area contributed by atoms with Gasteiger partial charge in [-0.15, -0.1) is 0 Å². The second kappa shape index (κ2) is 7.40. The molecule has 0 spiro atoms. The second-order valence-corrected chi connectivity index (χ2v) is 5.59. The number of hydrogen-bond acceptors (Lipinski definition) is 3. The van der Waals surface area contributed by atoms with Crippen LogP contribution in [-0.4, -0.2) is 25.2 Å². The molecule has 0 bridgehead atoms. The lowest BCUT2D eigenvalue weighted by Crippen LogP contribution is -2.16. The van der Waals surface area contributed by atoms with E-state index >= 15 is 0 Å². The zero-order valence-electron chi connectivity index (χ0n) is 12.9. The molecule has 2 aromatic carbocycles. The maximum absolute atomic E-state index is 13.2. The Morgan fingerprint density at radius 1 is 1.21 bits per heavy atom. The van der Waals surface area contributed by atoms with Gasteiger partial charge in [0.05, 0.1) is 6.10 Å². The van der Waals surface area contributed by atoms with E-state index in [1.54, 1.807) is 24.3 Å². The number of amides is 1.